The highest BCUT2D eigenvalue weighted by Gasteiger charge is 2.51. The molecule has 0 aliphatic heterocycles. The Morgan fingerprint density at radius 1 is 1.17 bits per heavy atom. The molecule has 2 aromatic rings. The Hall–Kier alpha value is -2.62. The van der Waals surface area contributed by atoms with Gasteiger partial charge in [-0.15, -0.1) is 0 Å². The highest BCUT2D eigenvalue weighted by atomic mass is 16.5. The van der Waals surface area contributed by atoms with Crippen LogP contribution in [-0.2, 0) is 20.7 Å². The molecule has 0 N–H and O–H groups in total. The fourth-order valence-corrected chi connectivity index (χ4v) is 4.14. The van der Waals surface area contributed by atoms with E-state index in [0.717, 1.165) is 34.1 Å². The Morgan fingerprint density at radius 2 is 2.00 bits per heavy atom. The number of allylic oxidation sites excluding steroid dienone is 1. The Bertz CT molecular complexity index is 909. The number of hydrogen-bond donors (Lipinski definition) is 0. The Balaban J connectivity index is 1.93. The zero-order chi connectivity index (χ0) is 16.9. The van der Waals surface area contributed by atoms with E-state index in [0.29, 0.717) is 6.42 Å². The minimum absolute atomic E-state index is 0.00178. The van der Waals surface area contributed by atoms with Gasteiger partial charge in [-0.3, -0.25) is 9.59 Å². The molecule has 0 saturated carbocycles. The average molecular weight is 322 g/mol. The molecule has 4 rings (SSSR count). The third-order valence-electron chi connectivity index (χ3n) is 5.30. The van der Waals surface area contributed by atoms with Crippen LogP contribution < -0.4 is 4.74 Å². The van der Waals surface area contributed by atoms with Crippen molar-refractivity contribution in [2.45, 2.75) is 19.3 Å². The highest BCUT2D eigenvalue weighted by Crippen LogP contribution is 2.53. The molecule has 2 aliphatic carbocycles. The number of hydrogen-bond acceptors (Lipinski definition) is 4. The summed E-state index contributed by atoms with van der Waals surface area (Å²) in [6.07, 6.45) is 3.20. The van der Waals surface area contributed by atoms with E-state index < -0.39 is 5.41 Å². The van der Waals surface area contributed by atoms with E-state index in [1.807, 2.05) is 24.3 Å². The molecule has 0 aromatic heterocycles. The van der Waals surface area contributed by atoms with Gasteiger partial charge >= 0.3 is 5.97 Å². The minimum atomic E-state index is -0.807. The van der Waals surface area contributed by atoms with Gasteiger partial charge in [0.25, 0.3) is 0 Å². The van der Waals surface area contributed by atoms with Gasteiger partial charge in [-0.25, -0.2) is 0 Å². The van der Waals surface area contributed by atoms with Crippen LogP contribution in [0.1, 0.15) is 24.0 Å². The summed E-state index contributed by atoms with van der Waals surface area (Å²) in [5.74, 6) is 0.510. The van der Waals surface area contributed by atoms with Gasteiger partial charge in [0.15, 0.2) is 5.78 Å². The van der Waals surface area contributed by atoms with Crippen molar-refractivity contribution in [1.82, 2.24) is 0 Å². The largest absolute Gasteiger partial charge is 0.497 e. The highest BCUT2D eigenvalue weighted by molar-refractivity contribution is 6.13. The quantitative estimate of drug-likeness (QED) is 0.796. The number of fused-ring (bicyclic) bond motifs is 5. The van der Waals surface area contributed by atoms with Gasteiger partial charge in [0.1, 0.15) is 11.2 Å². The standard InChI is InChI=1S/C20H18O4/c1-23-14-4-6-15-12(9-14)3-5-17-16(15)7-8-20(19(22)24-2)11-13(21)10-18(17)20/h3-6,9-10H,7-8,11H2,1-2H3. The lowest BCUT2D eigenvalue weighted by molar-refractivity contribution is -0.150. The van der Waals surface area contributed by atoms with Crippen molar-refractivity contribution in [3.8, 4) is 5.75 Å². The van der Waals surface area contributed by atoms with Gasteiger partial charge in [-0.2, -0.15) is 0 Å². The normalized spacial score (nSPS) is 21.9. The van der Waals surface area contributed by atoms with Crippen molar-refractivity contribution in [1.29, 1.82) is 0 Å². The lowest BCUT2D eigenvalue weighted by atomic mass is 9.68. The molecular weight excluding hydrogens is 304 g/mol. The zero-order valence-corrected chi connectivity index (χ0v) is 13.7. The predicted octanol–water partition coefficient (Wildman–Crippen LogP) is 3.31. The van der Waals surface area contributed by atoms with Gasteiger partial charge in [0.05, 0.1) is 14.2 Å². The number of aryl methyl sites for hydroxylation is 1. The van der Waals surface area contributed by atoms with Crippen molar-refractivity contribution >= 4 is 28.1 Å². The van der Waals surface area contributed by atoms with Crippen LogP contribution in [0.5, 0.6) is 5.75 Å². The SMILES string of the molecule is COC(=O)C12CCc3c(ccc4cc(OC)ccc34)C1=CC(=O)C2. The zero-order valence-electron chi connectivity index (χ0n) is 13.7. The first-order valence-corrected chi connectivity index (χ1v) is 8.02. The Morgan fingerprint density at radius 3 is 2.75 bits per heavy atom. The second-order valence-corrected chi connectivity index (χ2v) is 6.45. The lowest BCUT2D eigenvalue weighted by Gasteiger charge is -2.35. The molecule has 122 valence electrons. The molecule has 0 heterocycles. The number of rotatable bonds is 2. The summed E-state index contributed by atoms with van der Waals surface area (Å²) in [7, 11) is 3.04. The number of methoxy groups -OCH3 is 2. The summed E-state index contributed by atoms with van der Waals surface area (Å²) in [4.78, 5) is 24.5. The maximum absolute atomic E-state index is 12.4. The summed E-state index contributed by atoms with van der Waals surface area (Å²) in [5.41, 5.74) is 2.20. The van der Waals surface area contributed by atoms with E-state index in [-0.39, 0.29) is 18.2 Å². The number of ether oxygens (including phenoxy) is 2. The van der Waals surface area contributed by atoms with E-state index in [1.54, 1.807) is 13.2 Å². The molecule has 1 unspecified atom stereocenters. The van der Waals surface area contributed by atoms with E-state index in [1.165, 1.54) is 12.7 Å². The van der Waals surface area contributed by atoms with Crippen molar-refractivity contribution in [2.24, 2.45) is 5.41 Å². The molecule has 0 spiro atoms. The van der Waals surface area contributed by atoms with Crippen molar-refractivity contribution in [3.05, 3.63) is 47.5 Å². The van der Waals surface area contributed by atoms with Crippen LogP contribution in [-0.4, -0.2) is 26.0 Å². The number of ketones is 1. The fraction of sp³-hybridized carbons (Fsp3) is 0.300. The van der Waals surface area contributed by atoms with Gasteiger partial charge < -0.3 is 9.47 Å². The molecule has 4 nitrogen and oxygen atoms in total. The van der Waals surface area contributed by atoms with Crippen LogP contribution in [0.3, 0.4) is 0 Å². The van der Waals surface area contributed by atoms with Gasteiger partial charge in [-0.05, 0) is 58.5 Å². The van der Waals surface area contributed by atoms with Crippen LogP contribution in [0.25, 0.3) is 16.3 Å². The van der Waals surface area contributed by atoms with Crippen LogP contribution in [0, 0.1) is 5.41 Å². The topological polar surface area (TPSA) is 52.6 Å². The molecule has 0 radical (unpaired) electrons. The van der Waals surface area contributed by atoms with Gasteiger partial charge in [0, 0.05) is 6.42 Å². The predicted molar refractivity (Wildman–Crippen MR) is 90.9 cm³/mol. The van der Waals surface area contributed by atoms with Crippen molar-refractivity contribution < 1.29 is 19.1 Å². The second-order valence-electron chi connectivity index (χ2n) is 6.45. The summed E-state index contributed by atoms with van der Waals surface area (Å²) in [6, 6.07) is 10.0. The molecule has 0 saturated heterocycles. The molecule has 2 aliphatic rings. The molecular formula is C20H18O4. The Labute approximate surface area is 140 Å². The number of esters is 1. The van der Waals surface area contributed by atoms with Gasteiger partial charge in [-0.1, -0.05) is 18.2 Å². The van der Waals surface area contributed by atoms with Crippen LogP contribution >= 0.6 is 0 Å². The van der Waals surface area contributed by atoms with E-state index in [2.05, 4.69) is 6.07 Å². The third kappa shape index (κ3) is 1.92. The van der Waals surface area contributed by atoms with Crippen LogP contribution in [0.4, 0.5) is 0 Å². The second kappa shape index (κ2) is 5.20. The van der Waals surface area contributed by atoms with E-state index in [4.69, 9.17) is 9.47 Å². The molecule has 0 amide bonds. The molecule has 0 bridgehead atoms. The average Bonchev–Trinajstić information content (AvgIpc) is 2.97. The lowest BCUT2D eigenvalue weighted by Crippen LogP contribution is -2.35. The smallest absolute Gasteiger partial charge is 0.316 e. The van der Waals surface area contributed by atoms with Crippen LogP contribution in [0.2, 0.25) is 0 Å². The third-order valence-corrected chi connectivity index (χ3v) is 5.30. The van der Waals surface area contributed by atoms with Gasteiger partial charge in [0.2, 0.25) is 0 Å². The summed E-state index contributed by atoms with van der Waals surface area (Å²) >= 11 is 0. The first-order chi connectivity index (χ1) is 11.6. The molecule has 2 aromatic carbocycles. The number of carbonyl (C=O) groups is 2. The summed E-state index contributed by atoms with van der Waals surface area (Å²) < 4.78 is 10.3. The summed E-state index contributed by atoms with van der Waals surface area (Å²) in [6.45, 7) is 0. The van der Waals surface area contributed by atoms with E-state index in [9.17, 15) is 9.59 Å². The maximum Gasteiger partial charge on any atom is 0.316 e. The first kappa shape index (κ1) is 14.9. The number of benzene rings is 2. The van der Waals surface area contributed by atoms with Crippen LogP contribution in [0.15, 0.2) is 36.4 Å². The van der Waals surface area contributed by atoms with Crippen molar-refractivity contribution in [3.63, 3.8) is 0 Å². The fourth-order valence-electron chi connectivity index (χ4n) is 4.14. The first-order valence-electron chi connectivity index (χ1n) is 8.02. The molecule has 0 fully saturated rings. The molecule has 4 heteroatoms. The molecule has 1 atom stereocenters. The van der Waals surface area contributed by atoms with Crippen molar-refractivity contribution in [2.75, 3.05) is 14.2 Å². The Kier molecular flexibility index (Phi) is 3.23. The van der Waals surface area contributed by atoms with E-state index >= 15 is 0 Å². The molecule has 24 heavy (non-hydrogen) atoms. The monoisotopic (exact) mass is 322 g/mol. The summed E-state index contributed by atoms with van der Waals surface area (Å²) in [5, 5.41) is 2.25. The number of carbonyl (C=O) groups excluding carboxylic acids is 2. The maximum atomic E-state index is 12.4. The minimum Gasteiger partial charge on any atom is -0.497 e.